The maximum atomic E-state index is 5.27. The number of hydrogen-bond donors (Lipinski definition) is 1. The van der Waals surface area contributed by atoms with Gasteiger partial charge in [0, 0.05) is 18.8 Å². The summed E-state index contributed by atoms with van der Waals surface area (Å²) in [6, 6.07) is 8.02. The van der Waals surface area contributed by atoms with Crippen molar-refractivity contribution in [1.29, 1.82) is 0 Å². The molecule has 0 aliphatic heterocycles. The Kier molecular flexibility index (Phi) is 3.48. The fraction of sp³-hybridized carbons (Fsp3) is 0.250. The highest BCUT2D eigenvalue weighted by Gasteiger charge is 2.06. The standard InChI is InChI=1S/C16H18N4O/c1-4-11-7-12(21-3)5-6-13(11)19-16-8-15-14(9-17-16)18-10-20(15)2/h5-10H,4H2,1-3H3,(H,17,19). The Bertz CT molecular complexity index is 779. The van der Waals surface area contributed by atoms with E-state index < -0.39 is 0 Å². The average molecular weight is 282 g/mol. The normalized spacial score (nSPS) is 10.8. The number of nitrogens with one attached hydrogen (secondary N) is 1. The summed E-state index contributed by atoms with van der Waals surface area (Å²) in [5.74, 6) is 1.68. The van der Waals surface area contributed by atoms with E-state index in [9.17, 15) is 0 Å². The summed E-state index contributed by atoms with van der Waals surface area (Å²) >= 11 is 0. The van der Waals surface area contributed by atoms with Crippen LogP contribution in [0, 0.1) is 0 Å². The minimum absolute atomic E-state index is 0.811. The first kappa shape index (κ1) is 13.4. The maximum Gasteiger partial charge on any atom is 0.132 e. The van der Waals surface area contributed by atoms with Gasteiger partial charge in [0.15, 0.2) is 0 Å². The predicted molar refractivity (Wildman–Crippen MR) is 84.2 cm³/mol. The van der Waals surface area contributed by atoms with Crippen molar-refractivity contribution in [3.8, 4) is 5.75 Å². The molecule has 0 spiro atoms. The number of pyridine rings is 1. The van der Waals surface area contributed by atoms with Crippen molar-refractivity contribution < 1.29 is 4.74 Å². The van der Waals surface area contributed by atoms with Crippen LogP contribution >= 0.6 is 0 Å². The largest absolute Gasteiger partial charge is 0.497 e. The molecule has 0 saturated heterocycles. The smallest absolute Gasteiger partial charge is 0.132 e. The molecule has 0 unspecified atom stereocenters. The molecule has 21 heavy (non-hydrogen) atoms. The second-order valence-corrected chi connectivity index (χ2v) is 4.92. The van der Waals surface area contributed by atoms with Crippen molar-refractivity contribution in [3.05, 3.63) is 42.4 Å². The first-order chi connectivity index (χ1) is 10.2. The molecule has 0 fully saturated rings. The molecule has 1 aromatic carbocycles. The molecular formula is C16H18N4O. The zero-order valence-corrected chi connectivity index (χ0v) is 12.4. The highest BCUT2D eigenvalue weighted by molar-refractivity contribution is 5.78. The van der Waals surface area contributed by atoms with Crippen LogP contribution in [0.25, 0.3) is 11.0 Å². The van der Waals surface area contributed by atoms with Gasteiger partial charge in [-0.1, -0.05) is 6.92 Å². The monoisotopic (exact) mass is 282 g/mol. The van der Waals surface area contributed by atoms with Gasteiger partial charge in [0.2, 0.25) is 0 Å². The van der Waals surface area contributed by atoms with Crippen molar-refractivity contribution in [2.75, 3.05) is 12.4 Å². The molecule has 108 valence electrons. The number of hydrogen-bond acceptors (Lipinski definition) is 4. The quantitative estimate of drug-likeness (QED) is 0.798. The van der Waals surface area contributed by atoms with E-state index in [1.807, 2.05) is 35.9 Å². The summed E-state index contributed by atoms with van der Waals surface area (Å²) in [6.45, 7) is 2.12. The first-order valence-corrected chi connectivity index (χ1v) is 6.92. The Labute approximate surface area is 123 Å². The third kappa shape index (κ3) is 2.54. The second-order valence-electron chi connectivity index (χ2n) is 4.92. The summed E-state index contributed by atoms with van der Waals surface area (Å²) in [6.07, 6.45) is 4.50. The van der Waals surface area contributed by atoms with Crippen LogP contribution < -0.4 is 10.1 Å². The lowest BCUT2D eigenvalue weighted by Crippen LogP contribution is -1.98. The summed E-state index contributed by atoms with van der Waals surface area (Å²) in [4.78, 5) is 8.69. The number of aromatic nitrogens is 3. The lowest BCUT2D eigenvalue weighted by atomic mass is 10.1. The van der Waals surface area contributed by atoms with Crippen LogP contribution in [0.15, 0.2) is 36.8 Å². The molecule has 5 nitrogen and oxygen atoms in total. The maximum absolute atomic E-state index is 5.27. The number of aryl methyl sites for hydroxylation is 2. The van der Waals surface area contributed by atoms with Crippen LogP contribution in [0.2, 0.25) is 0 Å². The molecule has 5 heteroatoms. The molecule has 0 bridgehead atoms. The Morgan fingerprint density at radius 1 is 1.24 bits per heavy atom. The third-order valence-electron chi connectivity index (χ3n) is 3.57. The summed E-state index contributed by atoms with van der Waals surface area (Å²) in [5, 5.41) is 3.38. The van der Waals surface area contributed by atoms with Gasteiger partial charge in [-0.2, -0.15) is 0 Å². The van der Waals surface area contributed by atoms with Crippen molar-refractivity contribution in [2.24, 2.45) is 7.05 Å². The average Bonchev–Trinajstić information content (AvgIpc) is 2.89. The molecular weight excluding hydrogens is 264 g/mol. The van der Waals surface area contributed by atoms with E-state index in [-0.39, 0.29) is 0 Å². The van der Waals surface area contributed by atoms with Crippen LogP contribution in [-0.4, -0.2) is 21.6 Å². The zero-order valence-electron chi connectivity index (χ0n) is 12.4. The van der Waals surface area contributed by atoms with Crippen LogP contribution in [0.3, 0.4) is 0 Å². The molecule has 0 amide bonds. The number of ether oxygens (including phenoxy) is 1. The van der Waals surface area contributed by atoms with Crippen LogP contribution in [0.4, 0.5) is 11.5 Å². The Morgan fingerprint density at radius 3 is 2.86 bits per heavy atom. The van der Waals surface area contributed by atoms with Gasteiger partial charge in [0.25, 0.3) is 0 Å². The number of nitrogens with zero attached hydrogens (tertiary/aromatic N) is 3. The van der Waals surface area contributed by atoms with Crippen molar-refractivity contribution >= 4 is 22.5 Å². The summed E-state index contributed by atoms with van der Waals surface area (Å²) in [5.41, 5.74) is 4.20. The molecule has 2 aromatic heterocycles. The van der Waals surface area contributed by atoms with Gasteiger partial charge >= 0.3 is 0 Å². The van der Waals surface area contributed by atoms with Crippen LogP contribution in [0.1, 0.15) is 12.5 Å². The third-order valence-corrected chi connectivity index (χ3v) is 3.57. The van der Waals surface area contributed by atoms with E-state index in [1.54, 1.807) is 19.6 Å². The van der Waals surface area contributed by atoms with Gasteiger partial charge in [-0.25, -0.2) is 9.97 Å². The molecule has 0 aliphatic rings. The van der Waals surface area contributed by atoms with Gasteiger partial charge in [-0.05, 0) is 30.2 Å². The van der Waals surface area contributed by atoms with E-state index in [0.717, 1.165) is 34.7 Å². The van der Waals surface area contributed by atoms with Gasteiger partial charge in [0.05, 0.1) is 25.2 Å². The van der Waals surface area contributed by atoms with E-state index >= 15 is 0 Å². The second kappa shape index (κ2) is 5.44. The predicted octanol–water partition coefficient (Wildman–Crippen LogP) is 3.28. The summed E-state index contributed by atoms with van der Waals surface area (Å²) < 4.78 is 7.25. The Balaban J connectivity index is 1.95. The molecule has 3 rings (SSSR count). The highest BCUT2D eigenvalue weighted by Crippen LogP contribution is 2.26. The number of anilines is 2. The van der Waals surface area contributed by atoms with Gasteiger partial charge in [0.1, 0.15) is 17.1 Å². The number of rotatable bonds is 4. The molecule has 0 aliphatic carbocycles. The highest BCUT2D eigenvalue weighted by atomic mass is 16.5. The molecule has 1 N–H and O–H groups in total. The van der Waals surface area contributed by atoms with Crippen LogP contribution in [-0.2, 0) is 13.5 Å². The van der Waals surface area contributed by atoms with Gasteiger partial charge < -0.3 is 14.6 Å². The van der Waals surface area contributed by atoms with E-state index in [4.69, 9.17) is 4.74 Å². The van der Waals surface area contributed by atoms with Crippen molar-refractivity contribution in [2.45, 2.75) is 13.3 Å². The fourth-order valence-corrected chi connectivity index (χ4v) is 2.35. The van der Waals surface area contributed by atoms with Crippen LogP contribution in [0.5, 0.6) is 5.75 Å². The van der Waals surface area contributed by atoms with Gasteiger partial charge in [-0.3, -0.25) is 0 Å². The van der Waals surface area contributed by atoms with Gasteiger partial charge in [-0.15, -0.1) is 0 Å². The molecule has 0 saturated carbocycles. The lowest BCUT2D eigenvalue weighted by Gasteiger charge is -2.12. The fourth-order valence-electron chi connectivity index (χ4n) is 2.35. The summed E-state index contributed by atoms with van der Waals surface area (Å²) in [7, 11) is 3.66. The number of imidazole rings is 1. The minimum Gasteiger partial charge on any atom is -0.497 e. The van der Waals surface area contributed by atoms with E-state index in [1.165, 1.54) is 5.56 Å². The number of fused-ring (bicyclic) bond motifs is 1. The Morgan fingerprint density at radius 2 is 2.10 bits per heavy atom. The molecule has 3 aromatic rings. The van der Waals surface area contributed by atoms with Crippen molar-refractivity contribution in [3.63, 3.8) is 0 Å². The zero-order chi connectivity index (χ0) is 14.8. The van der Waals surface area contributed by atoms with E-state index in [0.29, 0.717) is 0 Å². The van der Waals surface area contributed by atoms with E-state index in [2.05, 4.69) is 22.2 Å². The number of methoxy groups -OCH3 is 1. The van der Waals surface area contributed by atoms with Crippen molar-refractivity contribution in [1.82, 2.24) is 14.5 Å². The molecule has 2 heterocycles. The first-order valence-electron chi connectivity index (χ1n) is 6.92. The Hall–Kier alpha value is -2.56. The molecule has 0 radical (unpaired) electrons. The lowest BCUT2D eigenvalue weighted by molar-refractivity contribution is 0.414. The SMILES string of the molecule is CCc1cc(OC)ccc1Nc1cc2c(cn1)ncn2C. The molecule has 0 atom stereocenters. The minimum atomic E-state index is 0.811. The topological polar surface area (TPSA) is 52.0 Å². The number of benzene rings is 1.